The van der Waals surface area contributed by atoms with Gasteiger partial charge in [-0.25, -0.2) is 0 Å². The molecule has 94 valence electrons. The summed E-state index contributed by atoms with van der Waals surface area (Å²) in [6.45, 7) is 0. The molecule has 0 saturated carbocycles. The maximum atomic E-state index is 12.1. The number of carbonyl (C=O) groups excluding carboxylic acids is 1. The van der Waals surface area contributed by atoms with Crippen LogP contribution in [-0.2, 0) is 0 Å². The van der Waals surface area contributed by atoms with Gasteiger partial charge in [-0.2, -0.15) is 0 Å². The van der Waals surface area contributed by atoms with Gasteiger partial charge >= 0.3 is 0 Å². The van der Waals surface area contributed by atoms with E-state index in [4.69, 9.17) is 0 Å². The van der Waals surface area contributed by atoms with Crippen LogP contribution in [0.15, 0.2) is 57.9 Å². The number of halogens is 1. The predicted octanol–water partition coefficient (Wildman–Crippen LogP) is 4.41. The summed E-state index contributed by atoms with van der Waals surface area (Å²) in [6, 6.07) is 15.1. The van der Waals surface area contributed by atoms with Crippen molar-refractivity contribution in [3.63, 3.8) is 0 Å². The molecule has 0 atom stereocenters. The number of ketones is 1. The van der Waals surface area contributed by atoms with E-state index in [1.165, 1.54) is 0 Å². The van der Waals surface area contributed by atoms with Crippen molar-refractivity contribution in [3.05, 3.63) is 64.1 Å². The summed E-state index contributed by atoms with van der Waals surface area (Å²) in [5, 5.41) is 0. The van der Waals surface area contributed by atoms with E-state index in [0.717, 1.165) is 14.9 Å². The summed E-state index contributed by atoms with van der Waals surface area (Å²) in [6.07, 6.45) is 1.95. The zero-order valence-electron chi connectivity index (χ0n) is 10.3. The largest absolute Gasteiger partial charge is 0.279 e. The van der Waals surface area contributed by atoms with E-state index >= 15 is 0 Å². The van der Waals surface area contributed by atoms with Crippen LogP contribution in [0.4, 0.5) is 0 Å². The molecule has 0 heterocycles. The molecule has 3 heteroatoms. The molecule has 0 aliphatic rings. The van der Waals surface area contributed by atoms with Crippen molar-refractivity contribution < 1.29 is 4.79 Å². The number of hydrogen-bond acceptors (Lipinski definition) is 2. The zero-order valence-corrected chi connectivity index (χ0v) is 12.7. The molecule has 0 fully saturated rings. The minimum atomic E-state index is -0.148. The highest BCUT2D eigenvalue weighted by Gasteiger charge is 2.07. The van der Waals surface area contributed by atoms with Gasteiger partial charge < -0.3 is 0 Å². The minimum Gasteiger partial charge on any atom is -0.279 e. The Bertz CT molecular complexity index is 668. The Balaban J connectivity index is 2.27. The molecule has 0 saturated heterocycles. The lowest BCUT2D eigenvalue weighted by Crippen LogP contribution is -1.97. The van der Waals surface area contributed by atoms with E-state index in [1.807, 2.05) is 54.8 Å². The molecule has 2 rings (SSSR count). The predicted molar refractivity (Wildman–Crippen MR) is 83.6 cm³/mol. The Kier molecular flexibility index (Phi) is 4.84. The standard InChI is InChI=1S/C16H11BrOS/c1-19-16-8-3-2-7-14(16)15(18)10-9-12-5-4-6-13(17)11-12/h2-8,11H,1H3. The van der Waals surface area contributed by atoms with E-state index in [1.54, 1.807) is 11.8 Å². The van der Waals surface area contributed by atoms with Crippen molar-refractivity contribution in [2.24, 2.45) is 0 Å². The quantitative estimate of drug-likeness (QED) is 0.461. The van der Waals surface area contributed by atoms with Gasteiger partial charge in [0.2, 0.25) is 5.78 Å². The van der Waals surface area contributed by atoms with Gasteiger partial charge in [0.25, 0.3) is 0 Å². The molecule has 0 amide bonds. The second kappa shape index (κ2) is 6.60. The van der Waals surface area contributed by atoms with Crippen molar-refractivity contribution in [3.8, 4) is 11.8 Å². The normalized spacial score (nSPS) is 9.58. The summed E-state index contributed by atoms with van der Waals surface area (Å²) in [4.78, 5) is 13.0. The number of Topliss-reactive ketones (excluding diaryl/α,β-unsaturated/α-hetero) is 1. The molecule has 0 aliphatic heterocycles. The second-order valence-corrected chi connectivity index (χ2v) is 5.55. The SMILES string of the molecule is CSc1ccccc1C(=O)C#Cc1cccc(Br)c1. The first-order valence-electron chi connectivity index (χ1n) is 5.65. The third-order valence-electron chi connectivity index (χ3n) is 2.50. The summed E-state index contributed by atoms with van der Waals surface area (Å²) in [5.41, 5.74) is 1.49. The van der Waals surface area contributed by atoms with Gasteiger partial charge in [-0.05, 0) is 42.5 Å². The molecular formula is C16H11BrOS. The molecule has 0 radical (unpaired) electrons. The van der Waals surface area contributed by atoms with Crippen LogP contribution < -0.4 is 0 Å². The Hall–Kier alpha value is -1.50. The monoisotopic (exact) mass is 330 g/mol. The Labute approximate surface area is 125 Å². The Morgan fingerprint density at radius 2 is 1.95 bits per heavy atom. The number of benzene rings is 2. The Morgan fingerprint density at radius 1 is 1.16 bits per heavy atom. The number of thioether (sulfide) groups is 1. The molecule has 2 aromatic rings. The first kappa shape index (κ1) is 13.9. The van der Waals surface area contributed by atoms with Crippen LogP contribution in [0.25, 0.3) is 0 Å². The van der Waals surface area contributed by atoms with E-state index in [0.29, 0.717) is 5.56 Å². The fourth-order valence-electron chi connectivity index (χ4n) is 1.59. The molecular weight excluding hydrogens is 320 g/mol. The minimum absolute atomic E-state index is 0.148. The van der Waals surface area contributed by atoms with Crippen molar-refractivity contribution in [1.82, 2.24) is 0 Å². The maximum absolute atomic E-state index is 12.1. The number of rotatable bonds is 2. The van der Waals surface area contributed by atoms with Crippen LogP contribution in [0.2, 0.25) is 0 Å². The summed E-state index contributed by atoms with van der Waals surface area (Å²) in [5.74, 6) is 5.44. The van der Waals surface area contributed by atoms with Crippen molar-refractivity contribution in [1.29, 1.82) is 0 Å². The van der Waals surface area contributed by atoms with Gasteiger partial charge in [0.15, 0.2) is 0 Å². The van der Waals surface area contributed by atoms with Crippen LogP contribution in [0.1, 0.15) is 15.9 Å². The van der Waals surface area contributed by atoms with Gasteiger partial charge in [-0.1, -0.05) is 40.0 Å². The lowest BCUT2D eigenvalue weighted by molar-refractivity contribution is 0.105. The third-order valence-corrected chi connectivity index (χ3v) is 3.79. The van der Waals surface area contributed by atoms with Gasteiger partial charge in [0.1, 0.15) is 0 Å². The molecule has 0 aliphatic carbocycles. The first-order valence-corrected chi connectivity index (χ1v) is 7.67. The van der Waals surface area contributed by atoms with Gasteiger partial charge in [0, 0.05) is 20.5 Å². The molecule has 19 heavy (non-hydrogen) atoms. The van der Waals surface area contributed by atoms with Crippen LogP contribution in [-0.4, -0.2) is 12.0 Å². The zero-order chi connectivity index (χ0) is 13.7. The summed E-state index contributed by atoms with van der Waals surface area (Å²) in [7, 11) is 0. The number of hydrogen-bond donors (Lipinski definition) is 0. The topological polar surface area (TPSA) is 17.1 Å². The second-order valence-electron chi connectivity index (χ2n) is 3.79. The van der Waals surface area contributed by atoms with Crippen molar-refractivity contribution >= 4 is 33.5 Å². The third kappa shape index (κ3) is 3.73. The lowest BCUT2D eigenvalue weighted by Gasteiger charge is -2.01. The van der Waals surface area contributed by atoms with Crippen LogP contribution in [0, 0.1) is 11.8 Å². The van der Waals surface area contributed by atoms with Crippen LogP contribution in [0.3, 0.4) is 0 Å². The van der Waals surface area contributed by atoms with Crippen LogP contribution >= 0.6 is 27.7 Å². The highest BCUT2D eigenvalue weighted by atomic mass is 79.9. The molecule has 0 N–H and O–H groups in total. The van der Waals surface area contributed by atoms with E-state index in [2.05, 4.69) is 27.8 Å². The van der Waals surface area contributed by atoms with E-state index in [-0.39, 0.29) is 5.78 Å². The maximum Gasteiger partial charge on any atom is 0.237 e. The molecule has 1 nitrogen and oxygen atoms in total. The highest BCUT2D eigenvalue weighted by molar-refractivity contribution is 9.10. The summed E-state index contributed by atoms with van der Waals surface area (Å²) >= 11 is 4.93. The van der Waals surface area contributed by atoms with E-state index < -0.39 is 0 Å². The van der Waals surface area contributed by atoms with Crippen molar-refractivity contribution in [2.75, 3.05) is 6.26 Å². The fourth-order valence-corrected chi connectivity index (χ4v) is 2.59. The molecule has 0 aromatic heterocycles. The Morgan fingerprint density at radius 3 is 2.68 bits per heavy atom. The first-order chi connectivity index (χ1) is 9.20. The highest BCUT2D eigenvalue weighted by Crippen LogP contribution is 2.20. The lowest BCUT2D eigenvalue weighted by atomic mass is 10.1. The summed E-state index contributed by atoms with van der Waals surface area (Å²) < 4.78 is 0.955. The van der Waals surface area contributed by atoms with Gasteiger partial charge in [0.05, 0.1) is 0 Å². The van der Waals surface area contributed by atoms with Crippen LogP contribution in [0.5, 0.6) is 0 Å². The fraction of sp³-hybridized carbons (Fsp3) is 0.0625. The molecule has 2 aromatic carbocycles. The van der Waals surface area contributed by atoms with Gasteiger partial charge in [-0.3, -0.25) is 4.79 Å². The van der Waals surface area contributed by atoms with Crippen molar-refractivity contribution in [2.45, 2.75) is 4.90 Å². The average molecular weight is 331 g/mol. The average Bonchev–Trinajstić information content (AvgIpc) is 2.45. The van der Waals surface area contributed by atoms with Gasteiger partial charge in [-0.15, -0.1) is 11.8 Å². The molecule has 0 bridgehead atoms. The number of carbonyl (C=O) groups is 1. The smallest absolute Gasteiger partial charge is 0.237 e. The molecule has 0 unspecified atom stereocenters. The van der Waals surface area contributed by atoms with E-state index in [9.17, 15) is 4.79 Å². The molecule has 0 spiro atoms.